The first-order valence-electron chi connectivity index (χ1n) is 7.79. The van der Waals surface area contributed by atoms with E-state index in [4.69, 9.17) is 9.47 Å². The monoisotopic (exact) mass is 298 g/mol. The van der Waals surface area contributed by atoms with Gasteiger partial charge in [-0.15, -0.1) is 0 Å². The van der Waals surface area contributed by atoms with E-state index in [1.165, 1.54) is 0 Å². The van der Waals surface area contributed by atoms with Crippen LogP contribution >= 0.6 is 0 Å². The van der Waals surface area contributed by atoms with Crippen molar-refractivity contribution in [2.45, 2.75) is 19.1 Å². The second-order valence-electron chi connectivity index (χ2n) is 5.68. The van der Waals surface area contributed by atoms with E-state index in [-0.39, 0.29) is 6.10 Å². The summed E-state index contributed by atoms with van der Waals surface area (Å²) in [5.74, 6) is 1.41. The average molecular weight is 298 g/mol. The van der Waals surface area contributed by atoms with Gasteiger partial charge in [0.05, 0.1) is 19.3 Å². The number of piperidine rings is 1. The zero-order valence-electron chi connectivity index (χ0n) is 12.7. The second kappa shape index (κ2) is 7.92. The third-order valence-electron chi connectivity index (χ3n) is 3.84. The van der Waals surface area contributed by atoms with Gasteiger partial charge in [0.1, 0.15) is 5.75 Å². The Balaban J connectivity index is 1.43. The lowest BCUT2D eigenvalue weighted by Gasteiger charge is -2.30. The maximum absolute atomic E-state index is 5.99. The number of hydrogen-bond donors (Lipinski definition) is 1. The third-order valence-corrected chi connectivity index (χ3v) is 3.84. The molecule has 3 rings (SSSR count). The van der Waals surface area contributed by atoms with Gasteiger partial charge in [0.15, 0.2) is 0 Å². The first-order chi connectivity index (χ1) is 10.9. The molecule has 1 fully saturated rings. The van der Waals surface area contributed by atoms with E-state index in [1.54, 1.807) is 6.20 Å². The topological polar surface area (TPSA) is 43.4 Å². The fourth-order valence-electron chi connectivity index (χ4n) is 2.67. The highest BCUT2D eigenvalue weighted by Gasteiger charge is 2.22. The van der Waals surface area contributed by atoms with Crippen molar-refractivity contribution in [3.8, 4) is 5.75 Å². The van der Waals surface area contributed by atoms with Crippen LogP contribution in [0.3, 0.4) is 0 Å². The van der Waals surface area contributed by atoms with Crippen molar-refractivity contribution in [3.63, 3.8) is 0 Å². The predicted octanol–water partition coefficient (Wildman–Crippen LogP) is 2.66. The maximum Gasteiger partial charge on any atom is 0.119 e. The molecule has 2 atom stereocenters. The first kappa shape index (κ1) is 15.0. The van der Waals surface area contributed by atoms with Crippen molar-refractivity contribution in [1.29, 1.82) is 0 Å². The number of pyridine rings is 1. The summed E-state index contributed by atoms with van der Waals surface area (Å²) in [5.41, 5.74) is 1.12. The minimum absolute atomic E-state index is 0.235. The predicted molar refractivity (Wildman–Crippen MR) is 85.7 cm³/mol. The molecule has 0 bridgehead atoms. The molecule has 1 aromatic heterocycles. The summed E-state index contributed by atoms with van der Waals surface area (Å²) in [4.78, 5) is 4.11. The summed E-state index contributed by atoms with van der Waals surface area (Å²) in [5, 5.41) is 3.44. The molecule has 0 spiro atoms. The fourth-order valence-corrected chi connectivity index (χ4v) is 2.67. The molecule has 0 unspecified atom stereocenters. The summed E-state index contributed by atoms with van der Waals surface area (Å²) in [7, 11) is 0. The molecule has 0 amide bonds. The quantitative estimate of drug-likeness (QED) is 0.890. The number of nitrogens with one attached hydrogen (secondary N) is 1. The van der Waals surface area contributed by atoms with Gasteiger partial charge in [-0.05, 0) is 30.2 Å². The van der Waals surface area contributed by atoms with Gasteiger partial charge in [-0.25, -0.2) is 0 Å². The summed E-state index contributed by atoms with van der Waals surface area (Å²) in [6.07, 6.45) is 4.90. The molecule has 0 radical (unpaired) electrons. The largest absolute Gasteiger partial charge is 0.493 e. The van der Waals surface area contributed by atoms with E-state index < -0.39 is 0 Å². The highest BCUT2D eigenvalue weighted by Crippen LogP contribution is 2.17. The molecule has 1 aliphatic rings. The number of benzene rings is 1. The molecule has 2 heterocycles. The average Bonchev–Trinajstić information content (AvgIpc) is 2.60. The smallest absolute Gasteiger partial charge is 0.119 e. The van der Waals surface area contributed by atoms with E-state index >= 15 is 0 Å². The van der Waals surface area contributed by atoms with Gasteiger partial charge >= 0.3 is 0 Å². The normalized spacial score (nSPS) is 21.5. The van der Waals surface area contributed by atoms with Crippen LogP contribution in [0.1, 0.15) is 12.0 Å². The summed E-state index contributed by atoms with van der Waals surface area (Å²) in [6.45, 7) is 3.23. The zero-order valence-corrected chi connectivity index (χ0v) is 12.7. The van der Waals surface area contributed by atoms with Gasteiger partial charge in [0.25, 0.3) is 0 Å². The van der Waals surface area contributed by atoms with E-state index in [0.29, 0.717) is 12.5 Å². The molecular weight excluding hydrogens is 276 g/mol. The molecule has 1 aliphatic heterocycles. The summed E-state index contributed by atoms with van der Waals surface area (Å²) < 4.78 is 11.8. The van der Waals surface area contributed by atoms with E-state index in [0.717, 1.165) is 37.4 Å². The Kier molecular flexibility index (Phi) is 5.40. The standard InChI is InChI=1S/C18H22N2O2/c1-2-6-17(7-3-1)21-14-16-9-18(12-20-11-16)22-13-15-5-4-8-19-10-15/h1-8,10,16,18,20H,9,11-14H2/t16-,18+/m1/s1. The van der Waals surface area contributed by atoms with Gasteiger partial charge in [0.2, 0.25) is 0 Å². The van der Waals surface area contributed by atoms with Crippen molar-refractivity contribution < 1.29 is 9.47 Å². The molecule has 22 heavy (non-hydrogen) atoms. The molecule has 1 N–H and O–H groups in total. The van der Waals surface area contributed by atoms with Crippen LogP contribution in [0.4, 0.5) is 0 Å². The van der Waals surface area contributed by atoms with Gasteiger partial charge in [-0.3, -0.25) is 4.98 Å². The van der Waals surface area contributed by atoms with Crippen molar-refractivity contribution in [1.82, 2.24) is 10.3 Å². The lowest BCUT2D eigenvalue weighted by atomic mass is 9.98. The fraction of sp³-hybridized carbons (Fsp3) is 0.389. The highest BCUT2D eigenvalue weighted by molar-refractivity contribution is 5.20. The van der Waals surface area contributed by atoms with Crippen LogP contribution in [0.5, 0.6) is 5.75 Å². The van der Waals surface area contributed by atoms with Crippen LogP contribution in [-0.2, 0) is 11.3 Å². The Hall–Kier alpha value is -1.91. The Morgan fingerprint density at radius 1 is 1.09 bits per heavy atom. The molecule has 0 aliphatic carbocycles. The summed E-state index contributed by atoms with van der Waals surface area (Å²) in [6, 6.07) is 14.0. The minimum Gasteiger partial charge on any atom is -0.493 e. The van der Waals surface area contributed by atoms with Crippen LogP contribution < -0.4 is 10.1 Å². The lowest BCUT2D eigenvalue weighted by Crippen LogP contribution is -2.42. The van der Waals surface area contributed by atoms with Crippen LogP contribution in [0.25, 0.3) is 0 Å². The molecular formula is C18H22N2O2. The molecule has 4 nitrogen and oxygen atoms in total. The van der Waals surface area contributed by atoms with E-state index in [2.05, 4.69) is 10.3 Å². The van der Waals surface area contributed by atoms with Crippen LogP contribution in [0.2, 0.25) is 0 Å². The number of aromatic nitrogens is 1. The molecule has 0 saturated carbocycles. The van der Waals surface area contributed by atoms with Crippen LogP contribution in [-0.4, -0.2) is 30.8 Å². The maximum atomic E-state index is 5.99. The Morgan fingerprint density at radius 2 is 2.00 bits per heavy atom. The molecule has 2 aromatic rings. The van der Waals surface area contributed by atoms with Gasteiger partial charge in [-0.1, -0.05) is 24.3 Å². The van der Waals surface area contributed by atoms with Gasteiger partial charge < -0.3 is 14.8 Å². The second-order valence-corrected chi connectivity index (χ2v) is 5.68. The van der Waals surface area contributed by atoms with Crippen molar-refractivity contribution in [2.24, 2.45) is 5.92 Å². The number of rotatable bonds is 6. The van der Waals surface area contributed by atoms with Crippen molar-refractivity contribution >= 4 is 0 Å². The minimum atomic E-state index is 0.235. The number of nitrogens with zero attached hydrogens (tertiary/aromatic N) is 1. The van der Waals surface area contributed by atoms with E-state index in [9.17, 15) is 0 Å². The number of hydrogen-bond acceptors (Lipinski definition) is 4. The van der Waals surface area contributed by atoms with Gasteiger partial charge in [0, 0.05) is 31.4 Å². The molecule has 4 heteroatoms. The zero-order chi connectivity index (χ0) is 15.0. The molecule has 116 valence electrons. The lowest BCUT2D eigenvalue weighted by molar-refractivity contribution is 0.00475. The Labute approximate surface area is 131 Å². The van der Waals surface area contributed by atoms with Crippen molar-refractivity contribution in [3.05, 3.63) is 60.4 Å². The highest BCUT2D eigenvalue weighted by atomic mass is 16.5. The van der Waals surface area contributed by atoms with Gasteiger partial charge in [-0.2, -0.15) is 0 Å². The third kappa shape index (κ3) is 4.55. The Bertz CT molecular complexity index is 498. The van der Waals surface area contributed by atoms with Crippen LogP contribution in [0.15, 0.2) is 54.9 Å². The molecule has 1 aromatic carbocycles. The van der Waals surface area contributed by atoms with Crippen molar-refractivity contribution in [2.75, 3.05) is 19.7 Å². The number of ether oxygens (including phenoxy) is 2. The summed E-state index contributed by atoms with van der Waals surface area (Å²) >= 11 is 0. The van der Waals surface area contributed by atoms with Crippen LogP contribution in [0, 0.1) is 5.92 Å². The number of para-hydroxylation sites is 1. The molecule has 1 saturated heterocycles. The Morgan fingerprint density at radius 3 is 2.82 bits per heavy atom. The van der Waals surface area contributed by atoms with E-state index in [1.807, 2.05) is 48.7 Å². The first-order valence-corrected chi connectivity index (χ1v) is 7.79. The SMILES string of the molecule is c1ccc(OC[C@H]2CNC[C@@H](OCc3cccnc3)C2)cc1.